The third-order valence-electron chi connectivity index (χ3n) is 1.24. The number of nitrogens with two attached hydrogens (primary N) is 1. The number of aliphatic hydroxyl groups is 1. The second-order valence-corrected chi connectivity index (χ2v) is 2.45. The Bertz CT molecular complexity index is 259. The Morgan fingerprint density at radius 1 is 1.85 bits per heavy atom. The molecule has 1 unspecified atom stereocenters. The van der Waals surface area contributed by atoms with E-state index in [2.05, 4.69) is 23.5 Å². The zero-order chi connectivity index (χ0) is 10.3. The molecule has 0 rings (SSSR count). The van der Waals surface area contributed by atoms with E-state index in [9.17, 15) is 5.11 Å². The molecule has 0 aromatic carbocycles. The Balaban J connectivity index is 4.67. The van der Waals surface area contributed by atoms with Crippen molar-refractivity contribution in [2.24, 2.45) is 10.9 Å². The number of ether oxygens (including phenoxy) is 1. The molecule has 0 aliphatic heterocycles. The summed E-state index contributed by atoms with van der Waals surface area (Å²) in [7, 11) is 0. The second-order valence-electron chi connectivity index (χ2n) is 2.45. The van der Waals surface area contributed by atoms with Gasteiger partial charge < -0.3 is 15.7 Å². The van der Waals surface area contributed by atoms with Crippen LogP contribution in [0.5, 0.6) is 0 Å². The highest BCUT2D eigenvalue weighted by Crippen LogP contribution is 2.06. The normalized spacial score (nSPS) is 15.2. The van der Waals surface area contributed by atoms with Crippen LogP contribution in [0.4, 0.5) is 0 Å². The molecule has 0 amide bonds. The zero-order valence-corrected chi connectivity index (χ0v) is 7.87. The standard InChI is InChI=1S/C9H14N2O2/c1-4-6-7-9(3,12)8(11-10)13-5-2/h5,12H,2,4,10H2,1,3H3/b11-8-. The van der Waals surface area contributed by atoms with Crippen molar-refractivity contribution in [2.75, 3.05) is 0 Å². The van der Waals surface area contributed by atoms with E-state index in [1.54, 1.807) is 0 Å². The largest absolute Gasteiger partial charge is 0.446 e. The van der Waals surface area contributed by atoms with Gasteiger partial charge in [0.05, 0.1) is 6.26 Å². The lowest BCUT2D eigenvalue weighted by Crippen LogP contribution is -2.35. The maximum absolute atomic E-state index is 9.68. The fourth-order valence-electron chi connectivity index (χ4n) is 0.664. The third-order valence-corrected chi connectivity index (χ3v) is 1.24. The highest BCUT2D eigenvalue weighted by molar-refractivity contribution is 5.88. The average Bonchev–Trinajstić information content (AvgIpc) is 2.10. The first kappa shape index (κ1) is 11.5. The summed E-state index contributed by atoms with van der Waals surface area (Å²) in [5.74, 6) is 10.2. The van der Waals surface area contributed by atoms with Crippen LogP contribution in [-0.2, 0) is 4.74 Å². The van der Waals surface area contributed by atoms with Gasteiger partial charge in [-0.3, -0.25) is 0 Å². The van der Waals surface area contributed by atoms with Crippen LogP contribution in [0.2, 0.25) is 0 Å². The number of hydrazone groups is 1. The van der Waals surface area contributed by atoms with Gasteiger partial charge in [-0.1, -0.05) is 19.4 Å². The molecule has 0 aromatic heterocycles. The highest BCUT2D eigenvalue weighted by atomic mass is 16.5. The van der Waals surface area contributed by atoms with E-state index in [4.69, 9.17) is 10.6 Å². The van der Waals surface area contributed by atoms with Crippen LogP contribution in [0.25, 0.3) is 0 Å². The average molecular weight is 182 g/mol. The minimum atomic E-state index is -1.46. The number of nitrogens with zero attached hydrogens (tertiary/aromatic N) is 1. The predicted molar refractivity (Wildman–Crippen MR) is 51.6 cm³/mol. The Labute approximate surface area is 78.1 Å². The molecule has 0 spiro atoms. The first-order valence-corrected chi connectivity index (χ1v) is 3.86. The number of rotatable bonds is 2. The van der Waals surface area contributed by atoms with Crippen molar-refractivity contribution in [3.63, 3.8) is 0 Å². The smallest absolute Gasteiger partial charge is 0.255 e. The molecular weight excluding hydrogens is 168 g/mol. The molecule has 0 aliphatic carbocycles. The van der Waals surface area contributed by atoms with Gasteiger partial charge >= 0.3 is 0 Å². The summed E-state index contributed by atoms with van der Waals surface area (Å²) >= 11 is 0. The lowest BCUT2D eigenvalue weighted by molar-refractivity contribution is 0.166. The van der Waals surface area contributed by atoms with Gasteiger partial charge in [0, 0.05) is 6.42 Å². The molecule has 0 radical (unpaired) electrons. The van der Waals surface area contributed by atoms with Crippen molar-refractivity contribution < 1.29 is 9.84 Å². The minimum Gasteiger partial charge on any atom is -0.446 e. The van der Waals surface area contributed by atoms with Crippen LogP contribution in [0.3, 0.4) is 0 Å². The van der Waals surface area contributed by atoms with E-state index in [0.29, 0.717) is 6.42 Å². The molecule has 0 heterocycles. The van der Waals surface area contributed by atoms with Crippen LogP contribution >= 0.6 is 0 Å². The SMILES string of the molecule is C=CO/C(=N\N)C(C)(O)C#CCC. The van der Waals surface area contributed by atoms with Crippen LogP contribution in [0.15, 0.2) is 17.9 Å². The number of hydrogen-bond acceptors (Lipinski definition) is 4. The molecule has 0 saturated heterocycles. The summed E-state index contributed by atoms with van der Waals surface area (Å²) in [6.07, 6.45) is 1.77. The topological polar surface area (TPSA) is 67.8 Å². The molecule has 3 N–H and O–H groups in total. The van der Waals surface area contributed by atoms with Gasteiger partial charge in [-0.25, -0.2) is 0 Å². The summed E-state index contributed by atoms with van der Waals surface area (Å²) in [6, 6.07) is 0. The minimum absolute atomic E-state index is 0.0662. The van der Waals surface area contributed by atoms with Crippen molar-refractivity contribution >= 4 is 5.90 Å². The van der Waals surface area contributed by atoms with E-state index >= 15 is 0 Å². The summed E-state index contributed by atoms with van der Waals surface area (Å²) in [5, 5.41) is 13.0. The van der Waals surface area contributed by atoms with Gasteiger partial charge in [0.2, 0.25) is 5.60 Å². The lowest BCUT2D eigenvalue weighted by atomic mass is 10.1. The van der Waals surface area contributed by atoms with Gasteiger partial charge in [0.25, 0.3) is 5.90 Å². The Morgan fingerprint density at radius 2 is 2.46 bits per heavy atom. The maximum Gasteiger partial charge on any atom is 0.255 e. The molecule has 13 heavy (non-hydrogen) atoms. The van der Waals surface area contributed by atoms with Crippen molar-refractivity contribution in [2.45, 2.75) is 25.9 Å². The molecule has 0 aliphatic rings. The Kier molecular flexibility index (Phi) is 4.63. The van der Waals surface area contributed by atoms with E-state index in [1.165, 1.54) is 6.92 Å². The first-order valence-electron chi connectivity index (χ1n) is 3.86. The van der Waals surface area contributed by atoms with Gasteiger partial charge in [-0.05, 0) is 6.92 Å². The monoisotopic (exact) mass is 182 g/mol. The fourth-order valence-corrected chi connectivity index (χ4v) is 0.664. The summed E-state index contributed by atoms with van der Waals surface area (Å²) in [5.41, 5.74) is -1.46. The molecular formula is C9H14N2O2. The fraction of sp³-hybridized carbons (Fsp3) is 0.444. The van der Waals surface area contributed by atoms with Gasteiger partial charge in [-0.2, -0.15) is 0 Å². The van der Waals surface area contributed by atoms with Crippen molar-refractivity contribution in [3.8, 4) is 11.8 Å². The Hall–Kier alpha value is -1.47. The highest BCUT2D eigenvalue weighted by Gasteiger charge is 2.26. The van der Waals surface area contributed by atoms with Crippen molar-refractivity contribution in [1.82, 2.24) is 0 Å². The lowest BCUT2D eigenvalue weighted by Gasteiger charge is -2.16. The summed E-state index contributed by atoms with van der Waals surface area (Å²) < 4.78 is 4.79. The molecule has 4 heteroatoms. The molecule has 1 atom stereocenters. The van der Waals surface area contributed by atoms with E-state index in [0.717, 1.165) is 6.26 Å². The van der Waals surface area contributed by atoms with Crippen LogP contribution < -0.4 is 5.84 Å². The third kappa shape index (κ3) is 3.63. The zero-order valence-electron chi connectivity index (χ0n) is 7.87. The van der Waals surface area contributed by atoms with Crippen LogP contribution in [0, 0.1) is 11.8 Å². The van der Waals surface area contributed by atoms with Crippen LogP contribution in [-0.4, -0.2) is 16.6 Å². The van der Waals surface area contributed by atoms with E-state index in [-0.39, 0.29) is 5.90 Å². The Morgan fingerprint density at radius 3 is 2.85 bits per heavy atom. The first-order chi connectivity index (χ1) is 6.08. The maximum atomic E-state index is 9.68. The molecule has 72 valence electrons. The molecule has 4 nitrogen and oxygen atoms in total. The van der Waals surface area contributed by atoms with Crippen LogP contribution in [0.1, 0.15) is 20.3 Å². The predicted octanol–water partition coefficient (Wildman–Crippen LogP) is 0.583. The second kappa shape index (κ2) is 5.22. The van der Waals surface area contributed by atoms with Crippen molar-refractivity contribution in [3.05, 3.63) is 12.8 Å². The molecule has 0 saturated carbocycles. The molecule has 0 aromatic rings. The quantitative estimate of drug-likeness (QED) is 0.164. The van der Waals surface area contributed by atoms with E-state index in [1.807, 2.05) is 6.92 Å². The number of hydrogen-bond donors (Lipinski definition) is 2. The van der Waals surface area contributed by atoms with Gasteiger partial charge in [0.1, 0.15) is 0 Å². The molecule has 0 bridgehead atoms. The summed E-state index contributed by atoms with van der Waals surface area (Å²) in [4.78, 5) is 0. The van der Waals surface area contributed by atoms with E-state index < -0.39 is 5.60 Å². The summed E-state index contributed by atoms with van der Waals surface area (Å²) in [6.45, 7) is 6.65. The van der Waals surface area contributed by atoms with Crippen molar-refractivity contribution in [1.29, 1.82) is 0 Å². The van der Waals surface area contributed by atoms with Gasteiger partial charge in [0.15, 0.2) is 0 Å². The van der Waals surface area contributed by atoms with Gasteiger partial charge in [-0.15, -0.1) is 11.0 Å². The molecule has 0 fully saturated rings.